The Bertz CT molecular complexity index is 116. The first kappa shape index (κ1) is 42.7. The molecule has 0 rings (SSSR count). The van der Waals surface area contributed by atoms with Gasteiger partial charge >= 0.3 is 46.1 Å². The SMILES string of the molecule is CC([Si](C)(C)C)[Si](C)(C)C.[Br-].[Br-].[Cl-].[Cl-].[Mg+2].[Mg+2]. The van der Waals surface area contributed by atoms with Crippen LogP contribution in [0.4, 0.5) is 0 Å². The Balaban J connectivity index is -0.0000000270. The molecule has 0 aromatic carbocycles. The smallest absolute Gasteiger partial charge is 1.00 e. The van der Waals surface area contributed by atoms with Crippen LogP contribution in [0.3, 0.4) is 0 Å². The summed E-state index contributed by atoms with van der Waals surface area (Å²) in [6.07, 6.45) is 0. The summed E-state index contributed by atoms with van der Waals surface area (Å²) in [5.74, 6) is 0. The summed E-state index contributed by atoms with van der Waals surface area (Å²) in [6, 6.07) is 0. The van der Waals surface area contributed by atoms with Gasteiger partial charge in [0, 0.05) is 16.1 Å². The van der Waals surface area contributed by atoms with E-state index in [2.05, 4.69) is 46.2 Å². The van der Waals surface area contributed by atoms with E-state index in [4.69, 9.17) is 0 Å². The van der Waals surface area contributed by atoms with Gasteiger partial charge in [-0.25, -0.2) is 0 Å². The van der Waals surface area contributed by atoms with E-state index in [1.165, 1.54) is 0 Å². The summed E-state index contributed by atoms with van der Waals surface area (Å²) < 4.78 is 0. The predicted octanol–water partition coefficient (Wildman–Crippen LogP) is -9.15. The van der Waals surface area contributed by atoms with Crippen LogP contribution in [0.15, 0.2) is 0 Å². The molecule has 0 aliphatic heterocycles. The molecule has 0 N–H and O–H groups in total. The second-order valence-corrected chi connectivity index (χ2v) is 17.2. The largest absolute Gasteiger partial charge is 2.00 e. The minimum absolute atomic E-state index is 0. The first-order chi connectivity index (χ1) is 4.15. The fourth-order valence-corrected chi connectivity index (χ4v) is 11.7. The Kier molecular flexibility index (Phi) is 44.2. The van der Waals surface area contributed by atoms with Crippen LogP contribution in [0.1, 0.15) is 6.92 Å². The molecule has 16 heavy (non-hydrogen) atoms. The van der Waals surface area contributed by atoms with E-state index in [0.717, 1.165) is 5.16 Å². The standard InChI is InChI=1S/C8H22Si2.2BrH.2ClH.2Mg/c1-8(9(2,3)4)10(5,6)7;;;;;;/h8H,1-7H3;4*1H;;/q;;;;;2*+2/p-4. The molecule has 0 fully saturated rings. The van der Waals surface area contributed by atoms with Crippen molar-refractivity contribution in [3.05, 3.63) is 0 Å². The molecule has 0 aliphatic rings. The van der Waals surface area contributed by atoms with Crippen molar-refractivity contribution in [2.45, 2.75) is 51.4 Å². The van der Waals surface area contributed by atoms with Gasteiger partial charge < -0.3 is 58.8 Å². The molecule has 0 radical (unpaired) electrons. The molecule has 0 saturated carbocycles. The van der Waals surface area contributed by atoms with Gasteiger partial charge in [0.25, 0.3) is 0 Å². The number of rotatable bonds is 2. The maximum atomic E-state index is 2.48. The van der Waals surface area contributed by atoms with E-state index in [9.17, 15) is 0 Å². The summed E-state index contributed by atoms with van der Waals surface area (Å²) in [4.78, 5) is 0. The molecule has 0 spiro atoms. The third-order valence-corrected chi connectivity index (χ3v) is 13.0. The summed E-state index contributed by atoms with van der Waals surface area (Å²) in [5, 5.41) is 1.04. The Morgan fingerprint density at radius 2 is 0.750 bits per heavy atom. The number of hydrogen-bond acceptors (Lipinski definition) is 0. The molecular weight excluding hydrogens is 432 g/mol. The van der Waals surface area contributed by atoms with Crippen molar-refractivity contribution in [3.8, 4) is 0 Å². The molecule has 0 amide bonds. The monoisotopic (exact) mass is 450 g/mol. The zero-order chi connectivity index (χ0) is 8.58. The van der Waals surface area contributed by atoms with Crippen LogP contribution in [0.5, 0.6) is 0 Å². The van der Waals surface area contributed by atoms with Crippen LogP contribution in [0.2, 0.25) is 44.4 Å². The minimum atomic E-state index is -0.834. The molecule has 94 valence electrons. The second kappa shape index (κ2) is 16.6. The minimum Gasteiger partial charge on any atom is -1.00 e. The van der Waals surface area contributed by atoms with E-state index in [1.54, 1.807) is 0 Å². The van der Waals surface area contributed by atoms with Gasteiger partial charge in [-0.05, 0) is 0 Å². The van der Waals surface area contributed by atoms with E-state index >= 15 is 0 Å². The first-order valence-corrected chi connectivity index (χ1v) is 11.3. The van der Waals surface area contributed by atoms with Gasteiger partial charge in [-0.15, -0.1) is 0 Å². The topological polar surface area (TPSA) is 0 Å². The van der Waals surface area contributed by atoms with Crippen molar-refractivity contribution in [1.29, 1.82) is 0 Å². The summed E-state index contributed by atoms with van der Waals surface area (Å²) >= 11 is 0. The van der Waals surface area contributed by atoms with Crippen molar-refractivity contribution in [3.63, 3.8) is 0 Å². The third kappa shape index (κ3) is 19.8. The van der Waals surface area contributed by atoms with Crippen molar-refractivity contribution in [1.82, 2.24) is 0 Å². The first-order valence-electron chi connectivity index (χ1n) is 4.15. The molecule has 0 heterocycles. The normalized spacial score (nSPS) is 9.00. The fourth-order valence-electron chi connectivity index (χ4n) is 1.30. The molecule has 0 aliphatic carbocycles. The maximum absolute atomic E-state index is 2.48. The molecular formula is C8H22Br2Cl2Mg2Si2. The molecule has 0 aromatic heterocycles. The van der Waals surface area contributed by atoms with Crippen molar-refractivity contribution in [2.75, 3.05) is 0 Å². The van der Waals surface area contributed by atoms with Gasteiger partial charge in [0.1, 0.15) is 0 Å². The summed E-state index contributed by atoms with van der Waals surface area (Å²) in [5.41, 5.74) is 0. The average Bonchev–Trinajstić information content (AvgIpc) is 1.59. The molecule has 0 aromatic rings. The molecule has 0 nitrogen and oxygen atoms in total. The Hall–Kier alpha value is 3.51. The van der Waals surface area contributed by atoms with Crippen LogP contribution in [-0.4, -0.2) is 62.3 Å². The van der Waals surface area contributed by atoms with E-state index < -0.39 is 16.1 Å². The summed E-state index contributed by atoms with van der Waals surface area (Å²) in [7, 11) is -1.67. The van der Waals surface area contributed by atoms with Crippen LogP contribution in [-0.2, 0) is 0 Å². The second-order valence-electron chi connectivity index (χ2n) is 5.45. The number of halogens is 4. The Morgan fingerprint density at radius 3 is 0.750 bits per heavy atom. The van der Waals surface area contributed by atoms with Crippen molar-refractivity contribution < 1.29 is 58.8 Å². The third-order valence-electron chi connectivity index (χ3n) is 2.60. The van der Waals surface area contributed by atoms with Crippen molar-refractivity contribution >= 4 is 62.3 Å². The molecule has 0 saturated heterocycles. The zero-order valence-electron chi connectivity index (χ0n) is 11.5. The summed E-state index contributed by atoms with van der Waals surface area (Å²) in [6.45, 7) is 17.3. The maximum Gasteiger partial charge on any atom is 2.00 e. The predicted molar refractivity (Wildman–Crippen MR) is 67.6 cm³/mol. The van der Waals surface area contributed by atoms with Gasteiger partial charge in [-0.3, -0.25) is 0 Å². The van der Waals surface area contributed by atoms with Crippen LogP contribution in [0, 0.1) is 0 Å². The van der Waals surface area contributed by atoms with Gasteiger partial charge in [0.15, 0.2) is 0 Å². The Labute approximate surface area is 170 Å². The molecule has 0 bridgehead atoms. The quantitative estimate of drug-likeness (QED) is 0.365. The van der Waals surface area contributed by atoms with Crippen LogP contribution in [0.25, 0.3) is 0 Å². The van der Waals surface area contributed by atoms with Gasteiger partial charge in [0.05, 0.1) is 0 Å². The molecule has 0 unspecified atom stereocenters. The number of hydrogen-bond donors (Lipinski definition) is 0. The zero-order valence-corrected chi connectivity index (χ0v) is 21.0. The fraction of sp³-hybridized carbons (Fsp3) is 1.00. The van der Waals surface area contributed by atoms with E-state index in [-0.39, 0.29) is 105 Å². The van der Waals surface area contributed by atoms with Crippen LogP contribution >= 0.6 is 0 Å². The average molecular weight is 454 g/mol. The molecule has 0 atom stereocenters. The van der Waals surface area contributed by atoms with Crippen molar-refractivity contribution in [2.24, 2.45) is 0 Å². The van der Waals surface area contributed by atoms with Crippen LogP contribution < -0.4 is 58.8 Å². The Morgan fingerprint density at radius 1 is 0.625 bits per heavy atom. The van der Waals surface area contributed by atoms with Gasteiger partial charge in [-0.2, -0.15) is 0 Å². The van der Waals surface area contributed by atoms with E-state index in [1.807, 2.05) is 0 Å². The van der Waals surface area contributed by atoms with Gasteiger partial charge in [-0.1, -0.05) is 51.4 Å². The molecule has 8 heteroatoms. The van der Waals surface area contributed by atoms with Gasteiger partial charge in [0.2, 0.25) is 0 Å². The van der Waals surface area contributed by atoms with E-state index in [0.29, 0.717) is 0 Å².